The van der Waals surface area contributed by atoms with E-state index in [9.17, 15) is 8.42 Å². The monoisotopic (exact) mass is 358 g/mol. The second kappa shape index (κ2) is 7.60. The maximum atomic E-state index is 12.7. The Morgan fingerprint density at radius 2 is 2.04 bits per heavy atom. The maximum Gasteiger partial charge on any atom is 0.319 e. The lowest BCUT2D eigenvalue weighted by molar-refractivity contribution is 0.0663. The van der Waals surface area contributed by atoms with Gasteiger partial charge in [-0.3, -0.25) is 0 Å². The molecule has 2 aliphatic rings. The lowest BCUT2D eigenvalue weighted by atomic mass is 10.1. The van der Waals surface area contributed by atoms with Crippen molar-refractivity contribution in [3.63, 3.8) is 0 Å². The number of rotatable bonds is 5. The number of hydrogen-bond donors (Lipinski definition) is 0. The first-order valence-corrected chi connectivity index (χ1v) is 9.36. The molecule has 0 amide bonds. The van der Waals surface area contributed by atoms with Gasteiger partial charge in [0.1, 0.15) is 6.10 Å². The summed E-state index contributed by atoms with van der Waals surface area (Å²) in [6.45, 7) is 2.49. The first kappa shape index (κ1) is 17.3. The summed E-state index contributed by atoms with van der Waals surface area (Å²) in [4.78, 5) is 8.04. The van der Waals surface area contributed by atoms with E-state index in [1.807, 2.05) is 0 Å². The number of piperidine rings is 1. The van der Waals surface area contributed by atoms with Gasteiger partial charge in [-0.1, -0.05) is 0 Å². The van der Waals surface area contributed by atoms with Gasteiger partial charge in [-0.15, -0.1) is 0 Å². The molecule has 3 rings (SSSR count). The highest BCUT2D eigenvalue weighted by molar-refractivity contribution is 7.86. The van der Waals surface area contributed by atoms with Crippen molar-refractivity contribution in [2.75, 3.05) is 46.5 Å². The number of hydrogen-bond acceptors (Lipinski definition) is 7. The van der Waals surface area contributed by atoms with Crippen molar-refractivity contribution in [1.29, 1.82) is 0 Å². The van der Waals surface area contributed by atoms with Crippen LogP contribution in [0.1, 0.15) is 12.8 Å². The molecule has 0 saturated carbocycles. The molecule has 2 fully saturated rings. The summed E-state index contributed by atoms with van der Waals surface area (Å²) in [6.07, 6.45) is 2.83. The molecule has 1 unspecified atom stereocenters. The average Bonchev–Trinajstić information content (AvgIpc) is 2.63. The molecule has 0 N–H and O–H groups in total. The molecule has 0 aromatic carbocycles. The van der Waals surface area contributed by atoms with Gasteiger partial charge >= 0.3 is 6.01 Å². The number of morpholine rings is 1. The smallest absolute Gasteiger partial charge is 0.319 e. The predicted octanol–water partition coefficient (Wildman–Crippen LogP) is -0.0946. The van der Waals surface area contributed by atoms with Crippen molar-refractivity contribution in [3.8, 4) is 11.9 Å². The molecule has 24 heavy (non-hydrogen) atoms. The van der Waals surface area contributed by atoms with E-state index in [1.165, 1.54) is 15.7 Å². The third kappa shape index (κ3) is 3.94. The zero-order valence-electron chi connectivity index (χ0n) is 13.6. The second-order valence-electron chi connectivity index (χ2n) is 5.64. The average molecular weight is 358 g/mol. The summed E-state index contributed by atoms with van der Waals surface area (Å²) in [5.74, 6) is 0.387. The lowest BCUT2D eigenvalue weighted by Crippen LogP contribution is -2.53. The van der Waals surface area contributed by atoms with Gasteiger partial charge in [0.05, 0.1) is 26.9 Å². The Labute approximate surface area is 141 Å². The van der Waals surface area contributed by atoms with Crippen LogP contribution < -0.4 is 9.47 Å². The van der Waals surface area contributed by atoms with Gasteiger partial charge in [0.25, 0.3) is 10.2 Å². The van der Waals surface area contributed by atoms with Crippen molar-refractivity contribution < 1.29 is 22.6 Å². The van der Waals surface area contributed by atoms with Crippen LogP contribution in [0.4, 0.5) is 0 Å². The molecule has 9 nitrogen and oxygen atoms in total. The van der Waals surface area contributed by atoms with Gasteiger partial charge in [0, 0.05) is 31.9 Å². The van der Waals surface area contributed by atoms with Gasteiger partial charge in [-0.2, -0.15) is 22.0 Å². The van der Waals surface area contributed by atoms with Crippen LogP contribution in [0.3, 0.4) is 0 Å². The van der Waals surface area contributed by atoms with Gasteiger partial charge in [0.15, 0.2) is 0 Å². The third-order valence-corrected chi connectivity index (χ3v) is 6.04. The summed E-state index contributed by atoms with van der Waals surface area (Å²) in [5, 5.41) is 0. The highest BCUT2D eigenvalue weighted by atomic mass is 32.2. The highest BCUT2D eigenvalue weighted by Gasteiger charge is 2.35. The third-order valence-electron chi connectivity index (χ3n) is 4.04. The fourth-order valence-corrected chi connectivity index (χ4v) is 4.46. The zero-order valence-corrected chi connectivity index (χ0v) is 14.4. The van der Waals surface area contributed by atoms with Gasteiger partial charge in [-0.25, -0.2) is 4.98 Å². The summed E-state index contributed by atoms with van der Waals surface area (Å²) >= 11 is 0. The predicted molar refractivity (Wildman–Crippen MR) is 85.1 cm³/mol. The van der Waals surface area contributed by atoms with Crippen LogP contribution in [-0.4, -0.2) is 79.6 Å². The Bertz CT molecular complexity index is 650. The van der Waals surface area contributed by atoms with Crippen molar-refractivity contribution in [2.24, 2.45) is 0 Å². The molecule has 0 spiro atoms. The number of nitrogens with zero attached hydrogens (tertiary/aromatic N) is 4. The Balaban J connectivity index is 1.65. The van der Waals surface area contributed by atoms with E-state index < -0.39 is 10.2 Å². The van der Waals surface area contributed by atoms with Crippen LogP contribution in [0.2, 0.25) is 0 Å². The summed E-state index contributed by atoms with van der Waals surface area (Å²) < 4.78 is 44.5. The summed E-state index contributed by atoms with van der Waals surface area (Å²) in [5.41, 5.74) is 0. The first-order chi connectivity index (χ1) is 11.6. The Hall–Kier alpha value is -1.49. The summed E-state index contributed by atoms with van der Waals surface area (Å²) in [6, 6.07) is 1.86. The number of aromatic nitrogens is 2. The molecular formula is C14H22N4O5S. The zero-order chi connectivity index (χ0) is 17.0. The minimum Gasteiger partial charge on any atom is -0.473 e. The second-order valence-corrected chi connectivity index (χ2v) is 7.57. The van der Waals surface area contributed by atoms with E-state index in [2.05, 4.69) is 9.97 Å². The van der Waals surface area contributed by atoms with E-state index in [0.29, 0.717) is 45.3 Å². The molecule has 1 atom stereocenters. The Morgan fingerprint density at radius 3 is 2.79 bits per heavy atom. The largest absolute Gasteiger partial charge is 0.473 e. The van der Waals surface area contributed by atoms with Crippen molar-refractivity contribution in [3.05, 3.63) is 12.3 Å². The molecule has 1 aromatic heterocycles. The standard InChI is InChI=1S/C14H22N4O5S/c1-21-14-15-5-4-13(16-14)23-12-3-2-6-18(11-12)24(19,20)17-7-9-22-10-8-17/h4-5,12H,2-3,6-11H2,1H3. The fraction of sp³-hybridized carbons (Fsp3) is 0.714. The van der Waals surface area contributed by atoms with Gasteiger partial charge < -0.3 is 14.2 Å². The molecule has 3 heterocycles. The number of ether oxygens (including phenoxy) is 3. The van der Waals surface area contributed by atoms with E-state index in [1.54, 1.807) is 12.3 Å². The maximum absolute atomic E-state index is 12.7. The molecule has 0 aliphatic carbocycles. The topological polar surface area (TPSA) is 94.1 Å². The molecule has 0 radical (unpaired) electrons. The SMILES string of the molecule is COc1nccc(OC2CCCN(S(=O)(=O)N3CCOCC3)C2)n1. The van der Waals surface area contributed by atoms with Crippen LogP contribution in [0.25, 0.3) is 0 Å². The quantitative estimate of drug-likeness (QED) is 0.726. The van der Waals surface area contributed by atoms with Crippen molar-refractivity contribution in [2.45, 2.75) is 18.9 Å². The van der Waals surface area contributed by atoms with Crippen LogP contribution in [0.5, 0.6) is 11.9 Å². The molecule has 1 aromatic rings. The Morgan fingerprint density at radius 1 is 1.25 bits per heavy atom. The van der Waals surface area contributed by atoms with Gasteiger partial charge in [-0.05, 0) is 12.8 Å². The lowest BCUT2D eigenvalue weighted by Gasteiger charge is -2.36. The van der Waals surface area contributed by atoms with Crippen LogP contribution in [0, 0.1) is 0 Å². The first-order valence-electron chi connectivity index (χ1n) is 7.96. The number of methoxy groups -OCH3 is 1. The van der Waals surface area contributed by atoms with E-state index in [0.717, 1.165) is 12.8 Å². The molecule has 10 heteroatoms. The van der Waals surface area contributed by atoms with Crippen molar-refractivity contribution in [1.82, 2.24) is 18.6 Å². The van der Waals surface area contributed by atoms with Crippen molar-refractivity contribution >= 4 is 10.2 Å². The molecule has 2 saturated heterocycles. The minimum absolute atomic E-state index is 0.223. The molecule has 0 bridgehead atoms. The van der Waals surface area contributed by atoms with Crippen LogP contribution in [0.15, 0.2) is 12.3 Å². The van der Waals surface area contributed by atoms with E-state index in [4.69, 9.17) is 14.2 Å². The van der Waals surface area contributed by atoms with Gasteiger partial charge in [0.2, 0.25) is 5.88 Å². The van der Waals surface area contributed by atoms with E-state index >= 15 is 0 Å². The molecule has 134 valence electrons. The molecule has 2 aliphatic heterocycles. The summed E-state index contributed by atoms with van der Waals surface area (Å²) in [7, 11) is -1.99. The van der Waals surface area contributed by atoms with Crippen LogP contribution >= 0.6 is 0 Å². The Kier molecular flexibility index (Phi) is 5.49. The van der Waals surface area contributed by atoms with Crippen LogP contribution in [-0.2, 0) is 14.9 Å². The minimum atomic E-state index is -3.47. The normalized spacial score (nSPS) is 23.8. The van der Waals surface area contributed by atoms with E-state index in [-0.39, 0.29) is 12.1 Å². The fourth-order valence-electron chi connectivity index (χ4n) is 2.81. The molecular weight excluding hydrogens is 336 g/mol. The highest BCUT2D eigenvalue weighted by Crippen LogP contribution is 2.21.